The number of carbonyl (C=O) groups is 1. The molecule has 0 radical (unpaired) electrons. The van der Waals surface area contributed by atoms with Gasteiger partial charge in [-0.3, -0.25) is 4.90 Å². The number of anilines is 1. The maximum atomic E-state index is 12.3. The molecule has 2 amide bonds. The number of halogens is 1. The van der Waals surface area contributed by atoms with Crippen LogP contribution in [0.3, 0.4) is 0 Å². The Bertz CT molecular complexity index is 730. The van der Waals surface area contributed by atoms with Gasteiger partial charge >= 0.3 is 6.03 Å². The monoisotopic (exact) mass is 373 g/mol. The summed E-state index contributed by atoms with van der Waals surface area (Å²) >= 11 is 6.41. The fraction of sp³-hybridized carbons (Fsp3) is 0.350. The van der Waals surface area contributed by atoms with Crippen LogP contribution in [0, 0.1) is 6.92 Å². The van der Waals surface area contributed by atoms with E-state index < -0.39 is 0 Å². The highest BCUT2D eigenvalue weighted by Crippen LogP contribution is 2.27. The first-order valence-electron chi connectivity index (χ1n) is 8.81. The molecule has 2 N–H and O–H groups in total. The summed E-state index contributed by atoms with van der Waals surface area (Å²) in [6.45, 7) is 5.50. The molecular weight excluding hydrogens is 350 g/mol. The molecule has 1 aliphatic rings. The second-order valence-electron chi connectivity index (χ2n) is 6.39. The van der Waals surface area contributed by atoms with E-state index in [1.165, 1.54) is 0 Å². The van der Waals surface area contributed by atoms with Crippen LogP contribution in [0.25, 0.3) is 0 Å². The van der Waals surface area contributed by atoms with E-state index in [4.69, 9.17) is 16.3 Å². The number of aryl methyl sites for hydroxylation is 1. The molecule has 5 nitrogen and oxygen atoms in total. The molecule has 0 spiro atoms. The number of rotatable bonds is 5. The second kappa shape index (κ2) is 9.03. The largest absolute Gasteiger partial charge is 0.379 e. The quantitative estimate of drug-likeness (QED) is 0.837. The number of hydrogen-bond acceptors (Lipinski definition) is 3. The van der Waals surface area contributed by atoms with Crippen LogP contribution in [-0.4, -0.2) is 43.8 Å². The lowest BCUT2D eigenvalue weighted by Crippen LogP contribution is -2.44. The van der Waals surface area contributed by atoms with Gasteiger partial charge in [-0.05, 0) is 30.7 Å². The first-order valence-corrected chi connectivity index (χ1v) is 9.19. The van der Waals surface area contributed by atoms with E-state index in [2.05, 4.69) is 15.5 Å². The molecule has 1 fully saturated rings. The Morgan fingerprint density at radius 3 is 2.54 bits per heavy atom. The Balaban J connectivity index is 1.66. The highest BCUT2D eigenvalue weighted by Gasteiger charge is 2.24. The number of urea groups is 1. The van der Waals surface area contributed by atoms with E-state index in [-0.39, 0.29) is 12.1 Å². The van der Waals surface area contributed by atoms with Crippen LogP contribution >= 0.6 is 11.6 Å². The molecule has 2 aromatic carbocycles. The van der Waals surface area contributed by atoms with Crippen molar-refractivity contribution in [3.63, 3.8) is 0 Å². The number of nitrogens with zero attached hydrogens (tertiary/aromatic N) is 1. The fourth-order valence-electron chi connectivity index (χ4n) is 3.07. The highest BCUT2D eigenvalue weighted by atomic mass is 35.5. The fourth-order valence-corrected chi connectivity index (χ4v) is 3.33. The molecule has 2 aromatic rings. The third-order valence-corrected chi connectivity index (χ3v) is 4.86. The summed E-state index contributed by atoms with van der Waals surface area (Å²) in [5.74, 6) is 0. The molecule has 1 saturated heterocycles. The van der Waals surface area contributed by atoms with Crippen LogP contribution in [0.5, 0.6) is 0 Å². The van der Waals surface area contributed by atoms with E-state index in [1.807, 2.05) is 55.5 Å². The molecule has 1 heterocycles. The van der Waals surface area contributed by atoms with Crippen molar-refractivity contribution < 1.29 is 9.53 Å². The Morgan fingerprint density at radius 1 is 1.15 bits per heavy atom. The zero-order chi connectivity index (χ0) is 18.4. The third kappa shape index (κ3) is 4.97. The van der Waals surface area contributed by atoms with E-state index >= 15 is 0 Å². The minimum absolute atomic E-state index is 0.0105. The van der Waals surface area contributed by atoms with Crippen molar-refractivity contribution in [1.29, 1.82) is 0 Å². The Kier molecular flexibility index (Phi) is 6.50. The van der Waals surface area contributed by atoms with Crippen molar-refractivity contribution in [1.82, 2.24) is 10.2 Å². The molecule has 0 aromatic heterocycles. The predicted molar refractivity (Wildman–Crippen MR) is 105 cm³/mol. The first kappa shape index (κ1) is 18.7. The average Bonchev–Trinajstić information content (AvgIpc) is 2.66. The highest BCUT2D eigenvalue weighted by molar-refractivity contribution is 6.31. The number of hydrogen-bond donors (Lipinski definition) is 2. The number of morpholine rings is 1. The van der Waals surface area contributed by atoms with Crippen molar-refractivity contribution >= 4 is 23.3 Å². The normalized spacial score (nSPS) is 16.1. The van der Waals surface area contributed by atoms with Crippen molar-refractivity contribution in [2.75, 3.05) is 38.2 Å². The molecule has 0 saturated carbocycles. The van der Waals surface area contributed by atoms with Gasteiger partial charge in [-0.1, -0.05) is 47.5 Å². The number of nitrogens with one attached hydrogen (secondary N) is 2. The van der Waals surface area contributed by atoms with Crippen LogP contribution < -0.4 is 10.6 Å². The van der Waals surface area contributed by atoms with Crippen LogP contribution in [0.15, 0.2) is 48.5 Å². The van der Waals surface area contributed by atoms with E-state index in [9.17, 15) is 4.79 Å². The van der Waals surface area contributed by atoms with Crippen molar-refractivity contribution in [2.24, 2.45) is 0 Å². The van der Waals surface area contributed by atoms with Gasteiger partial charge in [-0.15, -0.1) is 0 Å². The number of benzene rings is 2. The van der Waals surface area contributed by atoms with Gasteiger partial charge in [0.2, 0.25) is 0 Å². The number of ether oxygens (including phenoxy) is 1. The maximum absolute atomic E-state index is 12.3. The summed E-state index contributed by atoms with van der Waals surface area (Å²) in [7, 11) is 0. The second-order valence-corrected chi connectivity index (χ2v) is 6.79. The van der Waals surface area contributed by atoms with Gasteiger partial charge in [0.25, 0.3) is 0 Å². The lowest BCUT2D eigenvalue weighted by Gasteiger charge is -2.35. The van der Waals surface area contributed by atoms with Crippen LogP contribution in [-0.2, 0) is 4.74 Å². The van der Waals surface area contributed by atoms with E-state index in [1.54, 1.807) is 0 Å². The van der Waals surface area contributed by atoms with Crippen molar-refractivity contribution in [3.05, 3.63) is 64.7 Å². The smallest absolute Gasteiger partial charge is 0.319 e. The average molecular weight is 374 g/mol. The van der Waals surface area contributed by atoms with Crippen molar-refractivity contribution in [3.8, 4) is 0 Å². The van der Waals surface area contributed by atoms with E-state index in [0.29, 0.717) is 24.8 Å². The summed E-state index contributed by atoms with van der Waals surface area (Å²) in [6, 6.07) is 15.3. The molecule has 3 rings (SSSR count). The molecule has 26 heavy (non-hydrogen) atoms. The van der Waals surface area contributed by atoms with E-state index in [0.717, 1.165) is 29.9 Å². The summed E-state index contributed by atoms with van der Waals surface area (Å²) < 4.78 is 5.46. The molecule has 138 valence electrons. The lowest BCUT2D eigenvalue weighted by atomic mass is 10.0. The summed E-state index contributed by atoms with van der Waals surface area (Å²) in [5, 5.41) is 6.56. The molecule has 0 aliphatic carbocycles. The zero-order valence-corrected chi connectivity index (χ0v) is 15.6. The summed E-state index contributed by atoms with van der Waals surface area (Å²) in [4.78, 5) is 14.6. The van der Waals surface area contributed by atoms with Gasteiger partial charge in [-0.25, -0.2) is 4.79 Å². The molecule has 0 bridgehead atoms. The zero-order valence-electron chi connectivity index (χ0n) is 14.9. The van der Waals surface area contributed by atoms with Gasteiger partial charge in [0, 0.05) is 30.3 Å². The topological polar surface area (TPSA) is 53.6 Å². The van der Waals surface area contributed by atoms with Gasteiger partial charge in [0.15, 0.2) is 0 Å². The standard InChI is InChI=1S/C20H24ClN3O2/c1-15-6-8-16(9-7-15)23-20(25)22-14-19(24-10-12-26-13-11-24)17-4-2-3-5-18(17)21/h2-9,19H,10-14H2,1H3,(H2,22,23,25). The number of carbonyl (C=O) groups excluding carboxylic acids is 1. The summed E-state index contributed by atoms with van der Waals surface area (Å²) in [6.07, 6.45) is 0. The van der Waals surface area contributed by atoms with Gasteiger partial charge in [-0.2, -0.15) is 0 Å². The Morgan fingerprint density at radius 2 is 1.85 bits per heavy atom. The molecule has 1 atom stereocenters. The first-order chi connectivity index (χ1) is 12.6. The minimum atomic E-state index is -0.223. The summed E-state index contributed by atoms with van der Waals surface area (Å²) in [5.41, 5.74) is 2.95. The van der Waals surface area contributed by atoms with Gasteiger partial charge in [0.1, 0.15) is 0 Å². The third-order valence-electron chi connectivity index (χ3n) is 4.52. The lowest BCUT2D eigenvalue weighted by molar-refractivity contribution is 0.0168. The van der Waals surface area contributed by atoms with Crippen LogP contribution in [0.1, 0.15) is 17.2 Å². The Labute approximate surface area is 159 Å². The minimum Gasteiger partial charge on any atom is -0.379 e. The maximum Gasteiger partial charge on any atom is 0.319 e. The predicted octanol–water partition coefficient (Wildman–Crippen LogP) is 3.84. The number of amides is 2. The molecule has 1 unspecified atom stereocenters. The van der Waals surface area contributed by atoms with Gasteiger partial charge in [0.05, 0.1) is 19.3 Å². The molecule has 1 aliphatic heterocycles. The van der Waals surface area contributed by atoms with Crippen LogP contribution in [0.2, 0.25) is 5.02 Å². The van der Waals surface area contributed by atoms with Crippen molar-refractivity contribution in [2.45, 2.75) is 13.0 Å². The molecule has 6 heteroatoms. The van der Waals surface area contributed by atoms with Crippen LogP contribution in [0.4, 0.5) is 10.5 Å². The van der Waals surface area contributed by atoms with Gasteiger partial charge < -0.3 is 15.4 Å². The SMILES string of the molecule is Cc1ccc(NC(=O)NCC(c2ccccc2Cl)N2CCOCC2)cc1. The Hall–Kier alpha value is -2.08. The molecular formula is C20H24ClN3O2.